The van der Waals surface area contributed by atoms with Gasteiger partial charge in [0.2, 0.25) is 0 Å². The summed E-state index contributed by atoms with van der Waals surface area (Å²) in [7, 11) is 0. The van der Waals surface area contributed by atoms with Gasteiger partial charge in [-0.15, -0.1) is 0 Å². The standard InChI is InChI=1S/C13H13NO2S/c15-9-11-4-6-12(7-5-11)10-17-13-3-1-2-8-14(13)16/h1-8,15H,9-10H2. The molecule has 0 aliphatic heterocycles. The number of aliphatic hydroxyl groups excluding tert-OH is 1. The summed E-state index contributed by atoms with van der Waals surface area (Å²) in [6.07, 6.45) is 1.50. The van der Waals surface area contributed by atoms with E-state index in [4.69, 9.17) is 5.11 Å². The smallest absolute Gasteiger partial charge is 0.251 e. The SMILES string of the molecule is [O-][n+]1ccccc1SCc1ccc(CO)cc1. The van der Waals surface area contributed by atoms with Gasteiger partial charge in [0.25, 0.3) is 5.03 Å². The Kier molecular flexibility index (Phi) is 4.01. The molecule has 0 amide bonds. The molecule has 0 unspecified atom stereocenters. The molecule has 1 N–H and O–H groups in total. The fourth-order valence-corrected chi connectivity index (χ4v) is 2.29. The number of hydrogen-bond acceptors (Lipinski definition) is 3. The molecule has 2 rings (SSSR count). The lowest BCUT2D eigenvalue weighted by Crippen LogP contribution is -2.27. The second kappa shape index (κ2) is 5.70. The van der Waals surface area contributed by atoms with Crippen LogP contribution < -0.4 is 4.73 Å². The van der Waals surface area contributed by atoms with Crippen molar-refractivity contribution in [1.29, 1.82) is 0 Å². The topological polar surface area (TPSA) is 47.2 Å². The molecule has 0 aliphatic carbocycles. The molecule has 0 fully saturated rings. The molecule has 0 atom stereocenters. The lowest BCUT2D eigenvalue weighted by atomic mass is 10.2. The fourth-order valence-electron chi connectivity index (χ4n) is 1.42. The molecular weight excluding hydrogens is 234 g/mol. The summed E-state index contributed by atoms with van der Waals surface area (Å²) < 4.78 is 0.868. The van der Waals surface area contributed by atoms with Crippen molar-refractivity contribution in [3.8, 4) is 0 Å². The van der Waals surface area contributed by atoms with Crippen LogP contribution in [0.15, 0.2) is 53.7 Å². The third-order valence-electron chi connectivity index (χ3n) is 2.38. The number of thioether (sulfide) groups is 1. The molecule has 0 saturated carbocycles. The Morgan fingerprint density at radius 2 is 1.76 bits per heavy atom. The van der Waals surface area contributed by atoms with Gasteiger partial charge in [0.1, 0.15) is 0 Å². The summed E-state index contributed by atoms with van der Waals surface area (Å²) in [6.45, 7) is 0.0622. The molecule has 2 aromatic rings. The first-order valence-corrected chi connectivity index (χ1v) is 6.28. The van der Waals surface area contributed by atoms with E-state index in [-0.39, 0.29) is 6.61 Å². The number of rotatable bonds is 4. The van der Waals surface area contributed by atoms with Crippen molar-refractivity contribution in [3.63, 3.8) is 0 Å². The third-order valence-corrected chi connectivity index (χ3v) is 3.47. The Morgan fingerprint density at radius 3 is 2.41 bits per heavy atom. The van der Waals surface area contributed by atoms with Crippen molar-refractivity contribution in [2.45, 2.75) is 17.4 Å². The average Bonchev–Trinajstić information content (AvgIpc) is 2.38. The van der Waals surface area contributed by atoms with Crippen LogP contribution in [0.1, 0.15) is 11.1 Å². The highest BCUT2D eigenvalue weighted by Crippen LogP contribution is 2.19. The number of hydrogen-bond donors (Lipinski definition) is 1. The highest BCUT2D eigenvalue weighted by atomic mass is 32.2. The van der Waals surface area contributed by atoms with Crippen molar-refractivity contribution in [3.05, 3.63) is 65.0 Å². The second-order valence-electron chi connectivity index (χ2n) is 3.63. The summed E-state index contributed by atoms with van der Waals surface area (Å²) in [5.74, 6) is 0.748. The van der Waals surface area contributed by atoms with Crippen LogP contribution in [0.5, 0.6) is 0 Å². The molecule has 3 nitrogen and oxygen atoms in total. The van der Waals surface area contributed by atoms with Gasteiger partial charge in [-0.3, -0.25) is 0 Å². The van der Waals surface area contributed by atoms with Crippen LogP contribution in [0, 0.1) is 5.21 Å². The lowest BCUT2D eigenvalue weighted by molar-refractivity contribution is -0.645. The summed E-state index contributed by atoms with van der Waals surface area (Å²) >= 11 is 1.50. The van der Waals surface area contributed by atoms with Crippen molar-refractivity contribution in [2.24, 2.45) is 0 Å². The van der Waals surface area contributed by atoms with Gasteiger partial charge in [-0.05, 0) is 17.2 Å². The van der Waals surface area contributed by atoms with E-state index >= 15 is 0 Å². The minimum atomic E-state index is 0.0622. The second-order valence-corrected chi connectivity index (χ2v) is 4.62. The predicted octanol–water partition coefficient (Wildman–Crippen LogP) is 2.10. The number of aliphatic hydroxyl groups is 1. The summed E-state index contributed by atoms with van der Waals surface area (Å²) in [4.78, 5) is 0. The van der Waals surface area contributed by atoms with E-state index in [9.17, 15) is 5.21 Å². The van der Waals surface area contributed by atoms with Crippen molar-refractivity contribution >= 4 is 11.8 Å². The van der Waals surface area contributed by atoms with E-state index in [1.54, 1.807) is 12.1 Å². The molecule has 0 spiro atoms. The molecule has 17 heavy (non-hydrogen) atoms. The molecule has 0 bridgehead atoms. The van der Waals surface area contributed by atoms with Gasteiger partial charge in [-0.1, -0.05) is 36.0 Å². The zero-order valence-electron chi connectivity index (χ0n) is 9.24. The Morgan fingerprint density at radius 1 is 1.06 bits per heavy atom. The molecule has 88 valence electrons. The largest absolute Gasteiger partial charge is 0.618 e. The molecular formula is C13H13NO2S. The molecule has 1 heterocycles. The quantitative estimate of drug-likeness (QED) is 0.511. The van der Waals surface area contributed by atoms with Gasteiger partial charge < -0.3 is 10.3 Å². The van der Waals surface area contributed by atoms with Crippen LogP contribution in [0.3, 0.4) is 0 Å². The zero-order valence-corrected chi connectivity index (χ0v) is 10.1. The van der Waals surface area contributed by atoms with Gasteiger partial charge in [0.15, 0.2) is 6.20 Å². The lowest BCUT2D eigenvalue weighted by Gasteiger charge is -2.04. The minimum absolute atomic E-state index is 0.0622. The van der Waals surface area contributed by atoms with Crippen molar-refractivity contribution in [1.82, 2.24) is 0 Å². The zero-order chi connectivity index (χ0) is 12.1. The summed E-state index contributed by atoms with van der Waals surface area (Å²) in [5, 5.41) is 21.0. The van der Waals surface area contributed by atoms with Crippen LogP contribution in [-0.4, -0.2) is 5.11 Å². The normalized spacial score (nSPS) is 10.4. The van der Waals surface area contributed by atoms with E-state index in [0.29, 0.717) is 5.03 Å². The Hall–Kier alpha value is -1.52. The molecule has 1 aromatic heterocycles. The van der Waals surface area contributed by atoms with Gasteiger partial charge in [0, 0.05) is 17.9 Å². The Balaban J connectivity index is 2.00. The number of pyridine rings is 1. The van der Waals surface area contributed by atoms with Crippen LogP contribution in [0.2, 0.25) is 0 Å². The van der Waals surface area contributed by atoms with Crippen LogP contribution >= 0.6 is 11.8 Å². The minimum Gasteiger partial charge on any atom is -0.618 e. The molecule has 4 heteroatoms. The van der Waals surface area contributed by atoms with Crippen LogP contribution in [0.4, 0.5) is 0 Å². The highest BCUT2D eigenvalue weighted by molar-refractivity contribution is 7.98. The summed E-state index contributed by atoms with van der Waals surface area (Å²) in [5.41, 5.74) is 2.04. The van der Waals surface area contributed by atoms with Gasteiger partial charge in [0.05, 0.1) is 6.61 Å². The maximum atomic E-state index is 11.4. The first-order chi connectivity index (χ1) is 8.29. The van der Waals surface area contributed by atoms with E-state index < -0.39 is 0 Å². The number of benzene rings is 1. The Bertz CT molecular complexity index is 485. The fraction of sp³-hybridized carbons (Fsp3) is 0.154. The Labute approximate surface area is 104 Å². The molecule has 0 radical (unpaired) electrons. The number of nitrogens with zero attached hydrogens (tertiary/aromatic N) is 1. The molecule has 0 aliphatic rings. The maximum absolute atomic E-state index is 11.4. The van der Waals surface area contributed by atoms with Crippen molar-refractivity contribution < 1.29 is 9.84 Å². The van der Waals surface area contributed by atoms with E-state index in [0.717, 1.165) is 21.6 Å². The monoisotopic (exact) mass is 247 g/mol. The predicted molar refractivity (Wildman–Crippen MR) is 67.3 cm³/mol. The highest BCUT2D eigenvalue weighted by Gasteiger charge is 2.04. The molecule has 0 saturated heterocycles. The van der Waals surface area contributed by atoms with E-state index in [1.165, 1.54) is 18.0 Å². The van der Waals surface area contributed by atoms with E-state index in [1.807, 2.05) is 30.3 Å². The first-order valence-electron chi connectivity index (χ1n) is 5.29. The van der Waals surface area contributed by atoms with Crippen molar-refractivity contribution in [2.75, 3.05) is 0 Å². The molecule has 1 aromatic carbocycles. The van der Waals surface area contributed by atoms with Crippen LogP contribution in [0.25, 0.3) is 0 Å². The van der Waals surface area contributed by atoms with Gasteiger partial charge in [-0.2, -0.15) is 4.73 Å². The maximum Gasteiger partial charge on any atom is 0.251 e. The van der Waals surface area contributed by atoms with Gasteiger partial charge in [-0.25, -0.2) is 0 Å². The number of aromatic nitrogens is 1. The van der Waals surface area contributed by atoms with Crippen LogP contribution in [-0.2, 0) is 12.4 Å². The van der Waals surface area contributed by atoms with Gasteiger partial charge >= 0.3 is 0 Å². The average molecular weight is 247 g/mol. The first kappa shape index (κ1) is 12.0. The summed E-state index contributed by atoms with van der Waals surface area (Å²) in [6, 6.07) is 13.1. The van der Waals surface area contributed by atoms with E-state index in [2.05, 4.69) is 0 Å². The third kappa shape index (κ3) is 3.22.